The minimum absolute atomic E-state index is 0.0213. The van der Waals surface area contributed by atoms with Crippen LogP contribution in [0.2, 0.25) is 0 Å². The monoisotopic (exact) mass is 444 g/mol. The van der Waals surface area contributed by atoms with Gasteiger partial charge in [-0.25, -0.2) is 17.6 Å². The van der Waals surface area contributed by atoms with Crippen LogP contribution >= 0.6 is 0 Å². The molecule has 0 N–H and O–H groups in total. The molecule has 0 aliphatic heterocycles. The van der Waals surface area contributed by atoms with E-state index >= 15 is 0 Å². The summed E-state index contributed by atoms with van der Waals surface area (Å²) in [5.74, 6) is -0.524. The van der Waals surface area contributed by atoms with E-state index in [1.54, 1.807) is 11.3 Å². The molecule has 0 aliphatic carbocycles. The molecular formula is C20H17FN4O5S. The Morgan fingerprint density at radius 1 is 1.13 bits per heavy atom. The van der Waals surface area contributed by atoms with Gasteiger partial charge in [-0.05, 0) is 55.5 Å². The Labute approximate surface area is 176 Å². The highest BCUT2D eigenvalue weighted by atomic mass is 32.2. The highest BCUT2D eigenvalue weighted by Crippen LogP contribution is 2.27. The van der Waals surface area contributed by atoms with Crippen LogP contribution in [0.1, 0.15) is 22.1 Å². The number of methoxy groups -OCH3 is 1. The van der Waals surface area contributed by atoms with Crippen LogP contribution in [0.3, 0.4) is 0 Å². The summed E-state index contributed by atoms with van der Waals surface area (Å²) in [6, 6.07) is 10.8. The van der Waals surface area contributed by atoms with E-state index in [0.717, 1.165) is 16.4 Å². The second-order valence-corrected chi connectivity index (χ2v) is 8.45. The van der Waals surface area contributed by atoms with Crippen LogP contribution in [-0.4, -0.2) is 36.1 Å². The normalized spacial score (nSPS) is 11.6. The van der Waals surface area contributed by atoms with E-state index in [9.17, 15) is 17.6 Å². The Hall–Kier alpha value is -3.73. The number of rotatable bonds is 6. The van der Waals surface area contributed by atoms with Crippen molar-refractivity contribution in [3.63, 3.8) is 0 Å². The SMILES string of the molecule is COC(=O)c1ccc(CN(c2ccc(F)cc2)S(=O)(=O)c2ccc3nnc(C)n3c2)o1. The molecule has 31 heavy (non-hydrogen) atoms. The first kappa shape index (κ1) is 20.5. The predicted molar refractivity (Wildman–Crippen MR) is 108 cm³/mol. The molecule has 0 fully saturated rings. The maximum absolute atomic E-state index is 13.5. The van der Waals surface area contributed by atoms with Crippen LogP contribution in [0.15, 0.2) is 64.0 Å². The minimum atomic E-state index is -4.11. The number of hydrogen-bond acceptors (Lipinski definition) is 7. The number of pyridine rings is 1. The van der Waals surface area contributed by atoms with E-state index < -0.39 is 21.8 Å². The fraction of sp³-hybridized carbons (Fsp3) is 0.150. The van der Waals surface area contributed by atoms with Gasteiger partial charge in [-0.2, -0.15) is 0 Å². The number of carbonyl (C=O) groups excluding carboxylic acids is 1. The van der Waals surface area contributed by atoms with Crippen LogP contribution in [0.25, 0.3) is 5.65 Å². The van der Waals surface area contributed by atoms with Gasteiger partial charge in [0.1, 0.15) is 22.3 Å². The number of ether oxygens (including phenoxy) is 1. The van der Waals surface area contributed by atoms with Gasteiger partial charge in [0.25, 0.3) is 10.0 Å². The summed E-state index contributed by atoms with van der Waals surface area (Å²) in [5, 5.41) is 7.88. The number of carbonyl (C=O) groups is 1. The predicted octanol–water partition coefficient (Wildman–Crippen LogP) is 2.95. The van der Waals surface area contributed by atoms with Crippen molar-refractivity contribution in [2.45, 2.75) is 18.4 Å². The lowest BCUT2D eigenvalue weighted by molar-refractivity contribution is 0.0563. The van der Waals surface area contributed by atoms with Crippen LogP contribution in [0.5, 0.6) is 0 Å². The molecule has 9 nitrogen and oxygen atoms in total. The molecule has 0 unspecified atom stereocenters. The Balaban J connectivity index is 1.78. The third kappa shape index (κ3) is 3.87. The molecule has 0 amide bonds. The number of aryl methyl sites for hydroxylation is 1. The van der Waals surface area contributed by atoms with Crippen LogP contribution < -0.4 is 4.31 Å². The first-order chi connectivity index (χ1) is 14.8. The number of esters is 1. The number of anilines is 1. The van der Waals surface area contributed by atoms with E-state index in [1.165, 1.54) is 49.7 Å². The molecule has 0 saturated carbocycles. The average Bonchev–Trinajstić information content (AvgIpc) is 3.39. The zero-order chi connectivity index (χ0) is 22.2. The minimum Gasteiger partial charge on any atom is -0.463 e. The van der Waals surface area contributed by atoms with Crippen molar-refractivity contribution in [2.75, 3.05) is 11.4 Å². The molecule has 1 aromatic carbocycles. The van der Waals surface area contributed by atoms with Gasteiger partial charge in [0.05, 0.1) is 19.3 Å². The maximum Gasteiger partial charge on any atom is 0.373 e. The molecule has 0 saturated heterocycles. The number of fused-ring (bicyclic) bond motifs is 1. The number of hydrogen-bond donors (Lipinski definition) is 0. The Morgan fingerprint density at radius 2 is 1.87 bits per heavy atom. The molecule has 3 heterocycles. The molecular weight excluding hydrogens is 427 g/mol. The van der Waals surface area contributed by atoms with E-state index in [2.05, 4.69) is 14.9 Å². The summed E-state index contributed by atoms with van der Waals surface area (Å²) < 4.78 is 53.2. The van der Waals surface area contributed by atoms with Crippen molar-refractivity contribution in [3.05, 3.63) is 77.9 Å². The number of benzene rings is 1. The molecule has 160 valence electrons. The first-order valence-corrected chi connectivity index (χ1v) is 10.5. The van der Waals surface area contributed by atoms with Crippen LogP contribution in [0.4, 0.5) is 10.1 Å². The summed E-state index contributed by atoms with van der Waals surface area (Å²) in [4.78, 5) is 11.6. The zero-order valence-corrected chi connectivity index (χ0v) is 17.3. The van der Waals surface area contributed by atoms with Gasteiger partial charge in [-0.1, -0.05) is 0 Å². The van der Waals surface area contributed by atoms with Crippen LogP contribution in [-0.2, 0) is 21.3 Å². The highest BCUT2D eigenvalue weighted by Gasteiger charge is 2.27. The number of halogens is 1. The highest BCUT2D eigenvalue weighted by molar-refractivity contribution is 7.92. The van der Waals surface area contributed by atoms with Crippen molar-refractivity contribution in [2.24, 2.45) is 0 Å². The van der Waals surface area contributed by atoms with Gasteiger partial charge in [-0.3, -0.25) is 8.71 Å². The summed E-state index contributed by atoms with van der Waals surface area (Å²) in [6.45, 7) is 1.47. The Kier molecular flexibility index (Phi) is 5.19. The molecule has 0 spiro atoms. The van der Waals surface area contributed by atoms with Gasteiger partial charge in [0.2, 0.25) is 5.76 Å². The van der Waals surface area contributed by atoms with Crippen molar-refractivity contribution < 1.29 is 26.8 Å². The van der Waals surface area contributed by atoms with Gasteiger partial charge in [-0.15, -0.1) is 10.2 Å². The summed E-state index contributed by atoms with van der Waals surface area (Å²) in [7, 11) is -2.90. The van der Waals surface area contributed by atoms with Gasteiger partial charge >= 0.3 is 5.97 Å². The van der Waals surface area contributed by atoms with Gasteiger partial charge < -0.3 is 9.15 Å². The Bertz CT molecular complexity index is 1360. The first-order valence-electron chi connectivity index (χ1n) is 9.06. The zero-order valence-electron chi connectivity index (χ0n) is 16.5. The van der Waals surface area contributed by atoms with E-state index in [4.69, 9.17) is 4.42 Å². The van der Waals surface area contributed by atoms with Gasteiger partial charge in [0, 0.05) is 6.20 Å². The molecule has 4 rings (SSSR count). The number of sulfonamides is 1. The molecule has 0 radical (unpaired) electrons. The largest absolute Gasteiger partial charge is 0.463 e. The van der Waals surface area contributed by atoms with E-state index in [1.807, 2.05) is 0 Å². The lowest BCUT2D eigenvalue weighted by Gasteiger charge is -2.23. The topological polar surface area (TPSA) is 107 Å². The number of furan rings is 1. The van der Waals surface area contributed by atoms with Crippen molar-refractivity contribution in [1.29, 1.82) is 0 Å². The second kappa shape index (κ2) is 7.84. The summed E-state index contributed by atoms with van der Waals surface area (Å²) in [6.07, 6.45) is 1.42. The maximum atomic E-state index is 13.5. The number of aromatic nitrogens is 3. The molecule has 4 aromatic rings. The van der Waals surface area contributed by atoms with Gasteiger partial charge in [0.15, 0.2) is 5.65 Å². The number of nitrogens with zero attached hydrogens (tertiary/aromatic N) is 4. The van der Waals surface area contributed by atoms with E-state index in [0.29, 0.717) is 11.5 Å². The molecule has 0 bridgehead atoms. The summed E-state index contributed by atoms with van der Waals surface area (Å²) >= 11 is 0. The standard InChI is InChI=1S/C20H17FN4O5S/c1-13-22-23-19-10-8-17(12-24(13)19)31(27,28)25(15-5-3-14(21)4-6-15)11-16-7-9-18(30-16)20(26)29-2/h3-10,12H,11H2,1-2H3. The van der Waals surface area contributed by atoms with Crippen molar-refractivity contribution >= 4 is 27.3 Å². The lowest BCUT2D eigenvalue weighted by atomic mass is 10.3. The molecule has 0 atom stereocenters. The summed E-state index contributed by atoms with van der Waals surface area (Å²) in [5.41, 5.74) is 0.719. The fourth-order valence-electron chi connectivity index (χ4n) is 3.00. The second-order valence-electron chi connectivity index (χ2n) is 6.59. The third-order valence-electron chi connectivity index (χ3n) is 4.60. The average molecular weight is 444 g/mol. The van der Waals surface area contributed by atoms with Crippen LogP contribution in [0, 0.1) is 12.7 Å². The third-order valence-corrected chi connectivity index (χ3v) is 6.35. The molecule has 3 aromatic heterocycles. The van der Waals surface area contributed by atoms with E-state index in [-0.39, 0.29) is 28.6 Å². The fourth-order valence-corrected chi connectivity index (χ4v) is 4.43. The molecule has 0 aliphatic rings. The molecule has 11 heteroatoms. The quantitative estimate of drug-likeness (QED) is 0.421. The van der Waals surface area contributed by atoms with Crippen molar-refractivity contribution in [3.8, 4) is 0 Å². The van der Waals surface area contributed by atoms with Crippen molar-refractivity contribution in [1.82, 2.24) is 14.6 Å². The Morgan fingerprint density at radius 3 is 2.58 bits per heavy atom. The lowest BCUT2D eigenvalue weighted by Crippen LogP contribution is -2.30. The smallest absolute Gasteiger partial charge is 0.373 e.